The Morgan fingerprint density at radius 2 is 2.06 bits per heavy atom. The minimum absolute atomic E-state index is 0.117. The zero-order valence-corrected chi connectivity index (χ0v) is 12.2. The molecule has 2 nitrogen and oxygen atoms in total. The molecule has 0 amide bonds. The number of aliphatic hydroxyl groups excluding tert-OH is 1. The van der Waals surface area contributed by atoms with Crippen molar-refractivity contribution in [2.75, 3.05) is 6.61 Å². The second-order valence-electron chi connectivity index (χ2n) is 4.75. The number of aliphatic hydroxyl groups is 1. The zero-order valence-electron chi connectivity index (χ0n) is 10.6. The summed E-state index contributed by atoms with van der Waals surface area (Å²) in [6.07, 6.45) is 0. The molecule has 0 unspecified atom stereocenters. The molecule has 0 spiro atoms. The van der Waals surface area contributed by atoms with Gasteiger partial charge in [-0.1, -0.05) is 43.6 Å². The van der Waals surface area contributed by atoms with Gasteiger partial charge in [-0.25, -0.2) is 0 Å². The Hall–Kier alpha value is -0.610. The summed E-state index contributed by atoms with van der Waals surface area (Å²) < 4.78 is 1.21. The normalized spacial score (nSPS) is 13.4. The Morgan fingerprint density at radius 3 is 2.67 bits per heavy atom. The lowest BCUT2D eigenvalue weighted by molar-refractivity contribution is 0.210. The van der Waals surface area contributed by atoms with Crippen LogP contribution < -0.4 is 5.32 Å². The van der Waals surface area contributed by atoms with Gasteiger partial charge in [-0.3, -0.25) is 0 Å². The van der Waals surface area contributed by atoms with Gasteiger partial charge in [0.1, 0.15) is 0 Å². The summed E-state index contributed by atoms with van der Waals surface area (Å²) in [5, 5.41) is 14.6. The van der Waals surface area contributed by atoms with Crippen LogP contribution in [0.15, 0.2) is 24.3 Å². The van der Waals surface area contributed by atoms with Crippen molar-refractivity contribution < 1.29 is 5.11 Å². The highest BCUT2D eigenvalue weighted by Gasteiger charge is 2.14. The molecule has 0 saturated carbocycles. The van der Waals surface area contributed by atoms with Crippen molar-refractivity contribution in [1.82, 2.24) is 5.32 Å². The smallest absolute Gasteiger partial charge is 0.0636 e. The molecule has 0 saturated heterocycles. The molecular formula is C14H18ClNOS. The van der Waals surface area contributed by atoms with Gasteiger partial charge in [0.05, 0.1) is 11.6 Å². The number of hydrogen-bond donors (Lipinski definition) is 2. The highest BCUT2D eigenvalue weighted by molar-refractivity contribution is 7.19. The number of nitrogens with one attached hydrogen (secondary N) is 1. The average Bonchev–Trinajstić information content (AvgIpc) is 2.67. The lowest BCUT2D eigenvalue weighted by atomic mass is 10.1. The molecular weight excluding hydrogens is 266 g/mol. The van der Waals surface area contributed by atoms with Crippen molar-refractivity contribution in [3.8, 4) is 0 Å². The standard InChI is InChI=1S/C14H18ClNOS/c1-9(2)11(8-17)16-7-13-14(15)10-5-3-4-6-12(10)18-13/h3-6,9,11,16-17H,7-8H2,1-2H3/t11-/m1/s1. The SMILES string of the molecule is CC(C)[C@@H](CO)NCc1sc2ccccc2c1Cl. The zero-order chi connectivity index (χ0) is 13.1. The Balaban J connectivity index is 2.14. The molecule has 0 bridgehead atoms. The van der Waals surface area contributed by atoms with Crippen LogP contribution in [0.4, 0.5) is 0 Å². The molecule has 0 fully saturated rings. The molecule has 2 N–H and O–H groups in total. The van der Waals surface area contributed by atoms with E-state index in [4.69, 9.17) is 11.6 Å². The molecule has 2 aromatic rings. The Bertz CT molecular complexity index is 523. The Morgan fingerprint density at radius 1 is 1.33 bits per heavy atom. The van der Waals surface area contributed by atoms with Crippen LogP contribution in [0.25, 0.3) is 10.1 Å². The van der Waals surface area contributed by atoms with Gasteiger partial charge in [0.15, 0.2) is 0 Å². The van der Waals surface area contributed by atoms with Crippen LogP contribution in [0.5, 0.6) is 0 Å². The minimum atomic E-state index is 0.117. The summed E-state index contributed by atoms with van der Waals surface area (Å²) in [5.41, 5.74) is 0. The molecule has 0 aliphatic carbocycles. The van der Waals surface area contributed by atoms with Gasteiger partial charge in [-0.2, -0.15) is 0 Å². The van der Waals surface area contributed by atoms with E-state index in [1.165, 1.54) is 4.70 Å². The summed E-state index contributed by atoms with van der Waals surface area (Å²) in [6.45, 7) is 5.06. The van der Waals surface area contributed by atoms with E-state index in [1.54, 1.807) is 11.3 Å². The van der Waals surface area contributed by atoms with Crippen molar-refractivity contribution in [3.63, 3.8) is 0 Å². The fraction of sp³-hybridized carbons (Fsp3) is 0.429. The number of rotatable bonds is 5. The van der Waals surface area contributed by atoms with Gasteiger partial charge < -0.3 is 10.4 Å². The first-order valence-electron chi connectivity index (χ1n) is 6.13. The molecule has 0 aliphatic rings. The molecule has 1 atom stereocenters. The van der Waals surface area contributed by atoms with E-state index in [9.17, 15) is 5.11 Å². The maximum Gasteiger partial charge on any atom is 0.0636 e. The number of hydrogen-bond acceptors (Lipinski definition) is 3. The summed E-state index contributed by atoms with van der Waals surface area (Å²) in [6, 6.07) is 8.27. The number of fused-ring (bicyclic) bond motifs is 1. The fourth-order valence-corrected chi connectivity index (χ4v) is 3.36. The van der Waals surface area contributed by atoms with Crippen LogP contribution in [0.3, 0.4) is 0 Å². The van der Waals surface area contributed by atoms with E-state index in [2.05, 4.69) is 25.2 Å². The fourth-order valence-electron chi connectivity index (χ4n) is 1.91. The lowest BCUT2D eigenvalue weighted by Gasteiger charge is -2.19. The topological polar surface area (TPSA) is 32.3 Å². The second-order valence-corrected chi connectivity index (χ2v) is 6.26. The van der Waals surface area contributed by atoms with Crippen LogP contribution >= 0.6 is 22.9 Å². The molecule has 2 rings (SSSR count). The summed E-state index contributed by atoms with van der Waals surface area (Å²) in [4.78, 5) is 1.14. The van der Waals surface area contributed by atoms with Crippen molar-refractivity contribution >= 4 is 33.0 Å². The maximum atomic E-state index is 9.29. The number of thiophene rings is 1. The Kier molecular flexibility index (Phi) is 4.62. The van der Waals surface area contributed by atoms with E-state index in [1.807, 2.05) is 18.2 Å². The van der Waals surface area contributed by atoms with Crippen molar-refractivity contribution in [2.45, 2.75) is 26.4 Å². The minimum Gasteiger partial charge on any atom is -0.395 e. The van der Waals surface area contributed by atoms with Crippen molar-refractivity contribution in [1.29, 1.82) is 0 Å². The second kappa shape index (κ2) is 6.02. The summed E-state index contributed by atoms with van der Waals surface area (Å²) in [7, 11) is 0. The third-order valence-electron chi connectivity index (χ3n) is 3.13. The number of benzene rings is 1. The lowest BCUT2D eigenvalue weighted by Crippen LogP contribution is -2.36. The highest BCUT2D eigenvalue weighted by atomic mass is 35.5. The predicted octanol–water partition coefficient (Wildman–Crippen LogP) is 3.66. The van der Waals surface area contributed by atoms with Gasteiger partial charge in [-0.05, 0) is 12.0 Å². The molecule has 1 heterocycles. The molecule has 98 valence electrons. The van der Waals surface area contributed by atoms with E-state index >= 15 is 0 Å². The third kappa shape index (κ3) is 2.86. The average molecular weight is 284 g/mol. The largest absolute Gasteiger partial charge is 0.395 e. The first-order valence-corrected chi connectivity index (χ1v) is 7.33. The first-order chi connectivity index (χ1) is 8.63. The van der Waals surface area contributed by atoms with Crippen LogP contribution in [-0.2, 0) is 6.54 Å². The van der Waals surface area contributed by atoms with Crippen molar-refractivity contribution in [3.05, 3.63) is 34.2 Å². The summed E-state index contributed by atoms with van der Waals surface area (Å²) in [5.74, 6) is 0.406. The van der Waals surface area contributed by atoms with E-state index in [-0.39, 0.29) is 12.6 Å². The van der Waals surface area contributed by atoms with E-state index < -0.39 is 0 Å². The van der Waals surface area contributed by atoms with Gasteiger partial charge >= 0.3 is 0 Å². The molecule has 18 heavy (non-hydrogen) atoms. The number of halogens is 1. The molecule has 4 heteroatoms. The monoisotopic (exact) mass is 283 g/mol. The van der Waals surface area contributed by atoms with Crippen LogP contribution in [0.1, 0.15) is 18.7 Å². The third-order valence-corrected chi connectivity index (χ3v) is 4.84. The van der Waals surface area contributed by atoms with Gasteiger partial charge in [0.25, 0.3) is 0 Å². The van der Waals surface area contributed by atoms with Crippen LogP contribution in [0.2, 0.25) is 5.02 Å². The van der Waals surface area contributed by atoms with Crippen molar-refractivity contribution in [2.24, 2.45) is 5.92 Å². The van der Waals surface area contributed by atoms with Gasteiger partial charge in [0, 0.05) is 27.5 Å². The molecule has 0 aliphatic heterocycles. The van der Waals surface area contributed by atoms with E-state index in [0.29, 0.717) is 12.5 Å². The summed E-state index contributed by atoms with van der Waals surface area (Å²) >= 11 is 8.08. The van der Waals surface area contributed by atoms with E-state index in [0.717, 1.165) is 15.3 Å². The Labute approximate surface area is 117 Å². The first kappa shape index (κ1) is 13.8. The highest BCUT2D eigenvalue weighted by Crippen LogP contribution is 2.35. The van der Waals surface area contributed by atoms with Crippen LogP contribution in [-0.4, -0.2) is 17.8 Å². The molecule has 1 aromatic carbocycles. The molecule has 0 radical (unpaired) electrons. The maximum absolute atomic E-state index is 9.29. The molecule has 1 aromatic heterocycles. The predicted molar refractivity (Wildman–Crippen MR) is 79.4 cm³/mol. The van der Waals surface area contributed by atoms with Gasteiger partial charge in [-0.15, -0.1) is 11.3 Å². The van der Waals surface area contributed by atoms with Gasteiger partial charge in [0.2, 0.25) is 0 Å². The quantitative estimate of drug-likeness (QED) is 0.878. The van der Waals surface area contributed by atoms with Crippen LogP contribution in [0, 0.1) is 5.92 Å².